The van der Waals surface area contributed by atoms with Gasteiger partial charge in [-0.3, -0.25) is 5.10 Å². The number of fused-ring (bicyclic) bond motifs is 1. The molecule has 0 fully saturated rings. The lowest BCUT2D eigenvalue weighted by molar-refractivity contribution is 0.744. The highest BCUT2D eigenvalue weighted by Gasteiger charge is 2.16. The van der Waals surface area contributed by atoms with Gasteiger partial charge in [0.15, 0.2) is 0 Å². The molecule has 3 rings (SSSR count). The fourth-order valence-corrected chi connectivity index (χ4v) is 3.79. The maximum Gasteiger partial charge on any atom is 0.224 e. The maximum atomic E-state index is 6.07. The number of H-pyrrole nitrogens is 1. The van der Waals surface area contributed by atoms with E-state index in [4.69, 9.17) is 17.3 Å². The van der Waals surface area contributed by atoms with Gasteiger partial charge >= 0.3 is 0 Å². The van der Waals surface area contributed by atoms with E-state index in [2.05, 4.69) is 32.4 Å². The third-order valence-corrected chi connectivity index (χ3v) is 4.84. The number of aryl methyl sites for hydroxylation is 1. The molecule has 8 heteroatoms. The average molecular weight is 337 g/mol. The lowest BCUT2D eigenvalue weighted by atomic mass is 10.1. The number of rotatable bonds is 5. The summed E-state index contributed by atoms with van der Waals surface area (Å²) in [7, 11) is 0. The Kier molecular flexibility index (Phi) is 4.28. The van der Waals surface area contributed by atoms with Gasteiger partial charge in [-0.2, -0.15) is 10.1 Å². The Bertz CT molecular complexity index is 780. The Balaban J connectivity index is 1.98. The summed E-state index contributed by atoms with van der Waals surface area (Å²) in [5.41, 5.74) is 9.00. The molecule has 0 amide bonds. The first kappa shape index (κ1) is 15.2. The molecule has 1 atom stereocenters. The Morgan fingerprint density at radius 2 is 2.27 bits per heavy atom. The number of thiophene rings is 1. The van der Waals surface area contributed by atoms with Crippen molar-refractivity contribution >= 4 is 39.0 Å². The van der Waals surface area contributed by atoms with Crippen molar-refractivity contribution in [2.45, 2.75) is 32.9 Å². The minimum atomic E-state index is 0.109. The van der Waals surface area contributed by atoms with Gasteiger partial charge in [0, 0.05) is 29.2 Å². The lowest BCUT2D eigenvalue weighted by Crippen LogP contribution is -2.17. The van der Waals surface area contributed by atoms with Crippen LogP contribution in [0.2, 0.25) is 5.28 Å². The third kappa shape index (κ3) is 3.06. The molecule has 6 nitrogen and oxygen atoms in total. The molecule has 0 bridgehead atoms. The summed E-state index contributed by atoms with van der Waals surface area (Å²) in [6.45, 7) is 4.68. The van der Waals surface area contributed by atoms with E-state index in [0.717, 1.165) is 33.6 Å². The van der Waals surface area contributed by atoms with Crippen LogP contribution >= 0.6 is 22.9 Å². The molecule has 0 unspecified atom stereocenters. The van der Waals surface area contributed by atoms with Gasteiger partial charge in [-0.1, -0.05) is 0 Å². The number of hydrogen-bond acceptors (Lipinski definition) is 6. The van der Waals surface area contributed by atoms with Crippen LogP contribution in [-0.2, 0) is 13.0 Å². The quantitative estimate of drug-likeness (QED) is 0.623. The van der Waals surface area contributed by atoms with Gasteiger partial charge < -0.3 is 11.1 Å². The molecule has 116 valence electrons. The zero-order chi connectivity index (χ0) is 15.7. The normalized spacial score (nSPS) is 12.7. The minimum absolute atomic E-state index is 0.109. The molecule has 0 aliphatic carbocycles. The molecule has 3 aromatic rings. The third-order valence-electron chi connectivity index (χ3n) is 3.36. The molecule has 3 heterocycles. The highest BCUT2D eigenvalue weighted by atomic mass is 35.5. The summed E-state index contributed by atoms with van der Waals surface area (Å²) < 4.78 is 1.01. The van der Waals surface area contributed by atoms with Crippen LogP contribution < -0.4 is 11.1 Å². The average Bonchev–Trinajstić information content (AvgIpc) is 3.07. The number of nitrogens with two attached hydrogens (primary N) is 1. The van der Waals surface area contributed by atoms with E-state index in [1.807, 2.05) is 13.1 Å². The number of nitrogens with one attached hydrogen (secondary N) is 2. The van der Waals surface area contributed by atoms with E-state index in [0.29, 0.717) is 6.54 Å². The van der Waals surface area contributed by atoms with Gasteiger partial charge in [-0.25, -0.2) is 4.98 Å². The molecular weight excluding hydrogens is 320 g/mol. The van der Waals surface area contributed by atoms with Gasteiger partial charge in [-0.15, -0.1) is 11.3 Å². The molecule has 22 heavy (non-hydrogen) atoms. The largest absolute Gasteiger partial charge is 0.365 e. The summed E-state index contributed by atoms with van der Waals surface area (Å²) in [6, 6.07) is 0.109. The van der Waals surface area contributed by atoms with Gasteiger partial charge in [0.05, 0.1) is 16.4 Å². The molecule has 0 aromatic carbocycles. The predicted molar refractivity (Wildman–Crippen MR) is 90.4 cm³/mol. The van der Waals surface area contributed by atoms with E-state index in [9.17, 15) is 0 Å². The van der Waals surface area contributed by atoms with Crippen molar-refractivity contribution in [1.82, 2.24) is 20.2 Å². The standard InChI is InChI=1S/C14H17ClN6S/c1-7(16)3-10-8(2)11-12(22-10)13(21-14(15)20-11)17-4-9-5-18-19-6-9/h5-7H,3-4,16H2,1-2H3,(H,18,19)(H,17,20,21)/t7-/m0/s1. The lowest BCUT2D eigenvalue weighted by Gasteiger charge is -2.05. The molecule has 4 N–H and O–H groups in total. The summed E-state index contributed by atoms with van der Waals surface area (Å²) in [4.78, 5) is 9.93. The first-order valence-corrected chi connectivity index (χ1v) is 8.16. The van der Waals surface area contributed by atoms with Crippen molar-refractivity contribution in [3.8, 4) is 0 Å². The topological polar surface area (TPSA) is 92.5 Å². The second-order valence-electron chi connectivity index (χ2n) is 5.31. The summed E-state index contributed by atoms with van der Waals surface area (Å²) in [5, 5.41) is 10.3. The van der Waals surface area contributed by atoms with Crippen LogP contribution in [0.5, 0.6) is 0 Å². The molecule has 3 aromatic heterocycles. The Labute approximate surface area is 137 Å². The Morgan fingerprint density at radius 3 is 2.95 bits per heavy atom. The molecule has 0 saturated heterocycles. The molecule has 0 aliphatic heterocycles. The Morgan fingerprint density at radius 1 is 1.45 bits per heavy atom. The second-order valence-corrected chi connectivity index (χ2v) is 6.75. The smallest absolute Gasteiger partial charge is 0.224 e. The van der Waals surface area contributed by atoms with Crippen LogP contribution in [0.4, 0.5) is 5.82 Å². The second kappa shape index (κ2) is 6.20. The predicted octanol–water partition coefficient (Wildman–Crippen LogP) is 2.88. The molecule has 0 aliphatic rings. The van der Waals surface area contributed by atoms with Gasteiger partial charge in [-0.05, 0) is 37.4 Å². The van der Waals surface area contributed by atoms with Crippen molar-refractivity contribution in [2.24, 2.45) is 5.73 Å². The van der Waals surface area contributed by atoms with Crippen molar-refractivity contribution in [1.29, 1.82) is 0 Å². The number of anilines is 1. The van der Waals surface area contributed by atoms with Crippen LogP contribution in [0.15, 0.2) is 12.4 Å². The van der Waals surface area contributed by atoms with Crippen molar-refractivity contribution in [3.05, 3.63) is 33.7 Å². The highest BCUT2D eigenvalue weighted by Crippen LogP contribution is 2.35. The summed E-state index contributed by atoms with van der Waals surface area (Å²) >= 11 is 7.75. The fraction of sp³-hybridized carbons (Fsp3) is 0.357. The van der Waals surface area contributed by atoms with Crippen molar-refractivity contribution in [2.75, 3.05) is 5.32 Å². The van der Waals surface area contributed by atoms with Crippen LogP contribution in [0.3, 0.4) is 0 Å². The zero-order valence-electron chi connectivity index (χ0n) is 12.4. The zero-order valence-corrected chi connectivity index (χ0v) is 13.9. The maximum absolute atomic E-state index is 6.07. The minimum Gasteiger partial charge on any atom is -0.365 e. The number of aromatic nitrogens is 4. The van der Waals surface area contributed by atoms with E-state index in [1.165, 1.54) is 4.88 Å². The number of aromatic amines is 1. The van der Waals surface area contributed by atoms with Crippen LogP contribution in [0.1, 0.15) is 22.9 Å². The van der Waals surface area contributed by atoms with E-state index < -0.39 is 0 Å². The SMILES string of the molecule is Cc1c(C[C@H](C)N)sc2c(NCc3cn[nH]c3)nc(Cl)nc12. The van der Waals surface area contributed by atoms with Crippen LogP contribution in [0.25, 0.3) is 10.2 Å². The molecule has 0 spiro atoms. The number of hydrogen-bond donors (Lipinski definition) is 3. The highest BCUT2D eigenvalue weighted by molar-refractivity contribution is 7.19. The van der Waals surface area contributed by atoms with Gasteiger partial charge in [0.2, 0.25) is 5.28 Å². The first-order chi connectivity index (χ1) is 10.5. The van der Waals surface area contributed by atoms with Crippen LogP contribution in [0, 0.1) is 6.92 Å². The molecular formula is C14H17ClN6S. The Hall–Kier alpha value is -1.70. The summed E-state index contributed by atoms with van der Waals surface area (Å²) in [6.07, 6.45) is 4.44. The summed E-state index contributed by atoms with van der Waals surface area (Å²) in [5.74, 6) is 0.750. The molecule has 0 radical (unpaired) electrons. The van der Waals surface area contributed by atoms with Gasteiger partial charge in [0.1, 0.15) is 5.82 Å². The van der Waals surface area contributed by atoms with E-state index >= 15 is 0 Å². The van der Waals surface area contributed by atoms with Crippen LogP contribution in [-0.4, -0.2) is 26.2 Å². The fourth-order valence-electron chi connectivity index (χ4n) is 2.27. The monoisotopic (exact) mass is 336 g/mol. The first-order valence-electron chi connectivity index (χ1n) is 6.97. The van der Waals surface area contributed by atoms with E-state index in [-0.39, 0.29) is 11.3 Å². The van der Waals surface area contributed by atoms with Gasteiger partial charge in [0.25, 0.3) is 0 Å². The number of nitrogens with zero attached hydrogens (tertiary/aromatic N) is 3. The van der Waals surface area contributed by atoms with Crippen molar-refractivity contribution < 1.29 is 0 Å². The van der Waals surface area contributed by atoms with E-state index in [1.54, 1.807) is 17.5 Å². The number of halogens is 1. The molecule has 0 saturated carbocycles. The van der Waals surface area contributed by atoms with Crippen molar-refractivity contribution in [3.63, 3.8) is 0 Å².